The van der Waals surface area contributed by atoms with Crippen molar-refractivity contribution in [3.8, 4) is 0 Å². The van der Waals surface area contributed by atoms with E-state index >= 15 is 0 Å². The standard InChI is InChI=1S/C25H23NO4/c27-24(28)19-21-12-9-11-20(18-21)10-7-8-17-30-25(29)26(22-13-3-1-4-14-22)23-15-5-2-6-16-23/h1-7,9-16,18H,8,17,19H2,(H,27,28)/b10-7-. The van der Waals surface area contributed by atoms with Crippen molar-refractivity contribution < 1.29 is 19.4 Å². The fourth-order valence-electron chi connectivity index (χ4n) is 2.99. The molecule has 0 aliphatic heterocycles. The van der Waals surface area contributed by atoms with Crippen LogP contribution in [0.5, 0.6) is 0 Å². The minimum atomic E-state index is -0.857. The van der Waals surface area contributed by atoms with Gasteiger partial charge in [-0.3, -0.25) is 4.79 Å². The maximum Gasteiger partial charge on any atom is 0.418 e. The molecule has 152 valence electrons. The normalized spacial score (nSPS) is 10.7. The summed E-state index contributed by atoms with van der Waals surface area (Å²) in [6, 6.07) is 26.1. The summed E-state index contributed by atoms with van der Waals surface area (Å²) < 4.78 is 5.49. The quantitative estimate of drug-likeness (QED) is 0.492. The average molecular weight is 401 g/mol. The zero-order valence-electron chi connectivity index (χ0n) is 16.5. The molecule has 0 aliphatic carbocycles. The molecule has 0 atom stereocenters. The summed E-state index contributed by atoms with van der Waals surface area (Å²) in [5, 5.41) is 8.89. The monoisotopic (exact) mass is 401 g/mol. The number of benzene rings is 3. The molecular formula is C25H23NO4. The van der Waals surface area contributed by atoms with Gasteiger partial charge in [0.05, 0.1) is 24.4 Å². The highest BCUT2D eigenvalue weighted by molar-refractivity contribution is 5.95. The van der Waals surface area contributed by atoms with Crippen LogP contribution in [0, 0.1) is 0 Å². The van der Waals surface area contributed by atoms with E-state index in [1.807, 2.05) is 91.0 Å². The molecule has 30 heavy (non-hydrogen) atoms. The van der Waals surface area contributed by atoms with Crippen molar-refractivity contribution in [2.24, 2.45) is 0 Å². The van der Waals surface area contributed by atoms with Crippen molar-refractivity contribution in [2.75, 3.05) is 11.5 Å². The van der Waals surface area contributed by atoms with Gasteiger partial charge in [0.2, 0.25) is 0 Å². The van der Waals surface area contributed by atoms with Crippen LogP contribution < -0.4 is 4.90 Å². The Kier molecular flexibility index (Phi) is 7.39. The molecule has 3 rings (SSSR count). The molecule has 5 heteroatoms. The van der Waals surface area contributed by atoms with Crippen molar-refractivity contribution in [2.45, 2.75) is 12.8 Å². The molecule has 5 nitrogen and oxygen atoms in total. The minimum absolute atomic E-state index is 0.00585. The van der Waals surface area contributed by atoms with E-state index in [-0.39, 0.29) is 13.0 Å². The lowest BCUT2D eigenvalue weighted by Crippen LogP contribution is -2.27. The fourth-order valence-corrected chi connectivity index (χ4v) is 2.99. The van der Waals surface area contributed by atoms with E-state index in [0.29, 0.717) is 6.42 Å². The van der Waals surface area contributed by atoms with Gasteiger partial charge >= 0.3 is 12.1 Å². The highest BCUT2D eigenvalue weighted by atomic mass is 16.6. The smallest absolute Gasteiger partial charge is 0.418 e. The van der Waals surface area contributed by atoms with Gasteiger partial charge in [0.15, 0.2) is 0 Å². The number of carboxylic acid groups (broad SMARTS) is 1. The maximum absolute atomic E-state index is 12.7. The topological polar surface area (TPSA) is 66.8 Å². The second-order valence-electron chi connectivity index (χ2n) is 6.63. The summed E-state index contributed by atoms with van der Waals surface area (Å²) in [5.41, 5.74) is 3.13. The molecule has 1 amide bonds. The molecule has 0 saturated carbocycles. The number of hydrogen-bond acceptors (Lipinski definition) is 3. The van der Waals surface area contributed by atoms with Crippen molar-refractivity contribution in [3.63, 3.8) is 0 Å². The van der Waals surface area contributed by atoms with E-state index in [9.17, 15) is 9.59 Å². The Morgan fingerprint density at radius 2 is 1.50 bits per heavy atom. The lowest BCUT2D eigenvalue weighted by molar-refractivity contribution is -0.136. The summed E-state index contributed by atoms with van der Waals surface area (Å²) in [4.78, 5) is 25.1. The number of nitrogens with zero attached hydrogens (tertiary/aromatic N) is 1. The average Bonchev–Trinajstić information content (AvgIpc) is 2.75. The van der Waals surface area contributed by atoms with Gasteiger partial charge in [-0.05, 0) is 41.8 Å². The van der Waals surface area contributed by atoms with Gasteiger partial charge < -0.3 is 9.84 Å². The molecule has 0 saturated heterocycles. The maximum atomic E-state index is 12.7. The summed E-state index contributed by atoms with van der Waals surface area (Å²) in [7, 11) is 0. The van der Waals surface area contributed by atoms with E-state index in [0.717, 1.165) is 22.5 Å². The van der Waals surface area contributed by atoms with Gasteiger partial charge in [-0.2, -0.15) is 0 Å². The first-order valence-electron chi connectivity index (χ1n) is 9.68. The number of para-hydroxylation sites is 2. The molecule has 0 fully saturated rings. The van der Waals surface area contributed by atoms with Gasteiger partial charge in [-0.15, -0.1) is 0 Å². The second kappa shape index (κ2) is 10.6. The van der Waals surface area contributed by atoms with Gasteiger partial charge in [0.1, 0.15) is 0 Å². The molecule has 0 aliphatic rings. The van der Waals surface area contributed by atoms with E-state index in [2.05, 4.69) is 0 Å². The van der Waals surface area contributed by atoms with Crippen LogP contribution >= 0.6 is 0 Å². The number of rotatable bonds is 8. The van der Waals surface area contributed by atoms with Crippen LogP contribution in [0.15, 0.2) is 91.0 Å². The van der Waals surface area contributed by atoms with Crippen LogP contribution in [0.25, 0.3) is 6.08 Å². The Hall–Kier alpha value is -3.86. The fraction of sp³-hybridized carbons (Fsp3) is 0.120. The molecule has 0 heterocycles. The predicted octanol–water partition coefficient (Wildman–Crippen LogP) is 5.69. The highest BCUT2D eigenvalue weighted by Gasteiger charge is 2.18. The Labute approximate surface area is 175 Å². The van der Waals surface area contributed by atoms with Crippen LogP contribution in [-0.2, 0) is 16.0 Å². The van der Waals surface area contributed by atoms with Crippen LogP contribution in [0.2, 0.25) is 0 Å². The number of ether oxygens (including phenoxy) is 1. The number of amides is 1. The number of aliphatic carboxylic acids is 1. The Morgan fingerprint density at radius 3 is 2.10 bits per heavy atom. The van der Waals surface area contributed by atoms with Crippen LogP contribution in [0.4, 0.5) is 16.2 Å². The van der Waals surface area contributed by atoms with Gasteiger partial charge in [0, 0.05) is 0 Å². The van der Waals surface area contributed by atoms with Crippen molar-refractivity contribution >= 4 is 29.5 Å². The van der Waals surface area contributed by atoms with Crippen LogP contribution in [0.3, 0.4) is 0 Å². The number of carbonyl (C=O) groups excluding carboxylic acids is 1. The minimum Gasteiger partial charge on any atom is -0.481 e. The SMILES string of the molecule is O=C(O)Cc1cccc(/C=C\CCOC(=O)N(c2ccccc2)c2ccccc2)c1. The van der Waals surface area contributed by atoms with Crippen LogP contribution in [-0.4, -0.2) is 23.8 Å². The van der Waals surface area contributed by atoms with Crippen molar-refractivity contribution in [1.82, 2.24) is 0 Å². The summed E-state index contributed by atoms with van der Waals surface area (Å²) >= 11 is 0. The third-order valence-corrected chi connectivity index (χ3v) is 4.34. The van der Waals surface area contributed by atoms with Gasteiger partial charge in [0.25, 0.3) is 0 Å². The third kappa shape index (κ3) is 6.07. The number of hydrogen-bond donors (Lipinski definition) is 1. The molecule has 0 aromatic heterocycles. The summed E-state index contributed by atoms with van der Waals surface area (Å²) in [6.45, 7) is 0.236. The number of anilines is 2. The first-order chi connectivity index (χ1) is 14.6. The zero-order chi connectivity index (χ0) is 21.2. The van der Waals surface area contributed by atoms with E-state index in [1.165, 1.54) is 0 Å². The van der Waals surface area contributed by atoms with Gasteiger partial charge in [-0.25, -0.2) is 9.69 Å². The third-order valence-electron chi connectivity index (χ3n) is 4.34. The Balaban J connectivity index is 1.58. The molecule has 3 aromatic rings. The lowest BCUT2D eigenvalue weighted by Gasteiger charge is -2.22. The molecule has 1 N–H and O–H groups in total. The molecular weight excluding hydrogens is 378 g/mol. The lowest BCUT2D eigenvalue weighted by atomic mass is 10.1. The van der Waals surface area contributed by atoms with Crippen molar-refractivity contribution in [1.29, 1.82) is 0 Å². The molecule has 0 spiro atoms. The number of carboxylic acids is 1. The van der Waals surface area contributed by atoms with Gasteiger partial charge in [-0.1, -0.05) is 72.8 Å². The first-order valence-corrected chi connectivity index (χ1v) is 9.68. The second-order valence-corrected chi connectivity index (χ2v) is 6.63. The largest absolute Gasteiger partial charge is 0.481 e. The zero-order valence-corrected chi connectivity index (χ0v) is 16.5. The van der Waals surface area contributed by atoms with Crippen molar-refractivity contribution in [3.05, 3.63) is 102 Å². The summed E-state index contributed by atoms with van der Waals surface area (Å²) in [5.74, 6) is -0.857. The highest BCUT2D eigenvalue weighted by Crippen LogP contribution is 2.25. The Bertz CT molecular complexity index is 960. The molecule has 0 radical (unpaired) electrons. The van der Waals surface area contributed by atoms with Crippen LogP contribution in [0.1, 0.15) is 17.5 Å². The predicted molar refractivity (Wildman–Crippen MR) is 118 cm³/mol. The number of carbonyl (C=O) groups is 2. The van der Waals surface area contributed by atoms with E-state index < -0.39 is 12.1 Å². The molecule has 0 unspecified atom stereocenters. The molecule has 0 bridgehead atoms. The first kappa shape index (κ1) is 20.9. The molecule has 3 aromatic carbocycles. The van der Waals surface area contributed by atoms with E-state index in [1.54, 1.807) is 11.0 Å². The summed E-state index contributed by atoms with van der Waals surface area (Å²) in [6.07, 6.45) is 3.90. The van der Waals surface area contributed by atoms with E-state index in [4.69, 9.17) is 9.84 Å². The Morgan fingerprint density at radius 1 is 0.867 bits per heavy atom.